The van der Waals surface area contributed by atoms with Gasteiger partial charge in [-0.15, -0.1) is 0 Å². The first-order chi connectivity index (χ1) is 12.2. The second kappa shape index (κ2) is 8.26. The second-order valence-corrected chi connectivity index (χ2v) is 8.37. The van der Waals surface area contributed by atoms with Gasteiger partial charge in [0.15, 0.2) is 0 Å². The molecular weight excluding hydrogens is 399 g/mol. The van der Waals surface area contributed by atoms with Gasteiger partial charge in [-0.1, -0.05) is 29.3 Å². The van der Waals surface area contributed by atoms with Gasteiger partial charge in [-0.2, -0.15) is 4.31 Å². The van der Waals surface area contributed by atoms with E-state index >= 15 is 0 Å². The summed E-state index contributed by atoms with van der Waals surface area (Å²) in [5, 5.41) is 3.41. The lowest BCUT2D eigenvalue weighted by Gasteiger charge is -2.19. The molecule has 0 heterocycles. The Morgan fingerprint density at radius 1 is 1.23 bits per heavy atom. The van der Waals surface area contributed by atoms with E-state index < -0.39 is 15.9 Å². The Labute approximate surface area is 162 Å². The fourth-order valence-corrected chi connectivity index (χ4v) is 3.96. The summed E-state index contributed by atoms with van der Waals surface area (Å²) in [6, 6.07) is 9.35. The first-order valence-electron chi connectivity index (χ1n) is 7.51. The predicted molar refractivity (Wildman–Crippen MR) is 103 cm³/mol. The van der Waals surface area contributed by atoms with E-state index in [0.717, 1.165) is 4.31 Å². The largest absolute Gasteiger partial charge is 0.495 e. The molecule has 0 aromatic heterocycles. The molecule has 2 aromatic rings. The van der Waals surface area contributed by atoms with Crippen LogP contribution in [0.5, 0.6) is 5.75 Å². The van der Waals surface area contributed by atoms with Gasteiger partial charge in [0.25, 0.3) is 0 Å². The van der Waals surface area contributed by atoms with Crippen LogP contribution >= 0.6 is 23.2 Å². The van der Waals surface area contributed by atoms with Crippen LogP contribution in [0.3, 0.4) is 0 Å². The lowest BCUT2D eigenvalue weighted by Crippen LogP contribution is -2.35. The number of hydrogen-bond acceptors (Lipinski definition) is 4. The van der Waals surface area contributed by atoms with Crippen molar-refractivity contribution in [1.82, 2.24) is 4.31 Å². The third-order valence-electron chi connectivity index (χ3n) is 3.72. The van der Waals surface area contributed by atoms with Gasteiger partial charge < -0.3 is 10.1 Å². The van der Waals surface area contributed by atoms with Crippen molar-refractivity contribution in [2.24, 2.45) is 0 Å². The zero-order chi connectivity index (χ0) is 19.5. The van der Waals surface area contributed by atoms with E-state index in [9.17, 15) is 13.2 Å². The molecule has 0 saturated carbocycles. The molecule has 26 heavy (non-hydrogen) atoms. The number of amides is 1. The van der Waals surface area contributed by atoms with E-state index in [2.05, 4.69) is 5.32 Å². The zero-order valence-electron chi connectivity index (χ0n) is 14.4. The van der Waals surface area contributed by atoms with E-state index in [-0.39, 0.29) is 22.2 Å². The summed E-state index contributed by atoms with van der Waals surface area (Å²) in [6.07, 6.45) is 0. The molecule has 140 valence electrons. The Morgan fingerprint density at radius 3 is 2.58 bits per heavy atom. The van der Waals surface area contributed by atoms with Crippen molar-refractivity contribution in [2.75, 3.05) is 26.0 Å². The fourth-order valence-electron chi connectivity index (χ4n) is 2.24. The molecule has 0 saturated heterocycles. The molecule has 9 heteroatoms. The van der Waals surface area contributed by atoms with Crippen LogP contribution < -0.4 is 10.1 Å². The number of hydrogen-bond donors (Lipinski definition) is 1. The number of nitrogens with one attached hydrogen (secondary N) is 1. The van der Waals surface area contributed by atoms with Gasteiger partial charge in [-0.05, 0) is 42.8 Å². The predicted octanol–water partition coefficient (Wildman–Crippen LogP) is 3.57. The SMILES string of the molecule is COc1ccc(Cl)cc1S(=O)(=O)N(C)CC(=O)Nc1cccc(Cl)c1C. The zero-order valence-corrected chi connectivity index (χ0v) is 16.7. The van der Waals surface area contributed by atoms with Gasteiger partial charge >= 0.3 is 0 Å². The van der Waals surface area contributed by atoms with Crippen molar-refractivity contribution in [3.05, 3.63) is 52.0 Å². The van der Waals surface area contributed by atoms with Crippen LogP contribution in [0.4, 0.5) is 5.69 Å². The Kier molecular flexibility index (Phi) is 6.52. The first kappa shape index (κ1) is 20.5. The number of nitrogens with zero attached hydrogens (tertiary/aromatic N) is 1. The third kappa shape index (κ3) is 4.48. The number of likely N-dealkylation sites (N-methyl/N-ethyl adjacent to an activating group) is 1. The molecule has 0 fully saturated rings. The van der Waals surface area contributed by atoms with Crippen LogP contribution in [0.2, 0.25) is 10.0 Å². The highest BCUT2D eigenvalue weighted by atomic mass is 35.5. The number of carbonyl (C=O) groups excluding carboxylic acids is 1. The number of rotatable bonds is 6. The first-order valence-corrected chi connectivity index (χ1v) is 9.71. The highest BCUT2D eigenvalue weighted by Gasteiger charge is 2.27. The summed E-state index contributed by atoms with van der Waals surface area (Å²) in [7, 11) is -1.31. The van der Waals surface area contributed by atoms with Crippen molar-refractivity contribution < 1.29 is 17.9 Å². The number of anilines is 1. The average molecular weight is 417 g/mol. The number of ether oxygens (including phenoxy) is 1. The quantitative estimate of drug-likeness (QED) is 0.780. The molecule has 0 aliphatic heterocycles. The van der Waals surface area contributed by atoms with E-state index in [0.29, 0.717) is 16.3 Å². The maximum Gasteiger partial charge on any atom is 0.247 e. The minimum Gasteiger partial charge on any atom is -0.495 e. The van der Waals surface area contributed by atoms with E-state index in [4.69, 9.17) is 27.9 Å². The molecule has 2 aromatic carbocycles. The van der Waals surface area contributed by atoms with Gasteiger partial charge in [0.2, 0.25) is 15.9 Å². The van der Waals surface area contributed by atoms with E-state index in [1.54, 1.807) is 25.1 Å². The lowest BCUT2D eigenvalue weighted by atomic mass is 10.2. The second-order valence-electron chi connectivity index (χ2n) is 5.52. The number of benzene rings is 2. The molecule has 0 atom stereocenters. The van der Waals surface area contributed by atoms with Crippen LogP contribution in [0, 0.1) is 6.92 Å². The Bertz CT molecular complexity index is 932. The summed E-state index contributed by atoms with van der Waals surface area (Å²) in [5.41, 5.74) is 1.22. The molecule has 0 unspecified atom stereocenters. The highest BCUT2D eigenvalue weighted by molar-refractivity contribution is 7.89. The molecule has 0 aliphatic carbocycles. The topological polar surface area (TPSA) is 75.7 Å². The molecular formula is C17H18Cl2N2O4S. The molecule has 0 radical (unpaired) electrons. The molecule has 0 spiro atoms. The van der Waals surface area contributed by atoms with Crippen LogP contribution in [-0.2, 0) is 14.8 Å². The van der Waals surface area contributed by atoms with Gasteiger partial charge in [-0.25, -0.2) is 8.42 Å². The van der Waals surface area contributed by atoms with E-state index in [1.807, 2.05) is 0 Å². The fraction of sp³-hybridized carbons (Fsp3) is 0.235. The van der Waals surface area contributed by atoms with Gasteiger partial charge in [-0.3, -0.25) is 4.79 Å². The molecule has 1 N–H and O–H groups in total. The summed E-state index contributed by atoms with van der Waals surface area (Å²) < 4.78 is 31.5. The highest BCUT2D eigenvalue weighted by Crippen LogP contribution is 2.29. The maximum absolute atomic E-state index is 12.8. The van der Waals surface area contributed by atoms with Gasteiger partial charge in [0, 0.05) is 22.8 Å². The molecule has 0 aliphatic rings. The number of sulfonamides is 1. The van der Waals surface area contributed by atoms with Crippen molar-refractivity contribution in [3.8, 4) is 5.75 Å². The molecule has 6 nitrogen and oxygen atoms in total. The Morgan fingerprint density at radius 2 is 1.92 bits per heavy atom. The molecule has 1 amide bonds. The smallest absolute Gasteiger partial charge is 0.247 e. The number of carbonyl (C=O) groups is 1. The summed E-state index contributed by atoms with van der Waals surface area (Å²) in [5.74, 6) is -0.352. The summed E-state index contributed by atoms with van der Waals surface area (Å²) in [4.78, 5) is 12.2. The van der Waals surface area contributed by atoms with E-state index in [1.165, 1.54) is 32.4 Å². The van der Waals surface area contributed by atoms with Gasteiger partial charge in [0.1, 0.15) is 10.6 Å². The van der Waals surface area contributed by atoms with Crippen LogP contribution in [0.25, 0.3) is 0 Å². The lowest BCUT2D eigenvalue weighted by molar-refractivity contribution is -0.116. The monoisotopic (exact) mass is 416 g/mol. The summed E-state index contributed by atoms with van der Waals surface area (Å²) >= 11 is 11.9. The van der Waals surface area contributed by atoms with Crippen LogP contribution in [-0.4, -0.2) is 39.3 Å². The Hall–Kier alpha value is -1.80. The molecule has 0 bridgehead atoms. The number of methoxy groups -OCH3 is 1. The Balaban J connectivity index is 2.20. The third-order valence-corrected chi connectivity index (χ3v) is 6.19. The minimum absolute atomic E-state index is 0.110. The maximum atomic E-state index is 12.8. The minimum atomic E-state index is -3.97. The standard InChI is InChI=1S/C17H18Cl2N2O4S/c1-11-13(19)5-4-6-14(11)20-17(22)10-21(2)26(23,24)16-9-12(18)7-8-15(16)25-3/h4-9H,10H2,1-3H3,(H,20,22). The van der Waals surface area contributed by atoms with Gasteiger partial charge in [0.05, 0.1) is 13.7 Å². The van der Waals surface area contributed by atoms with Crippen molar-refractivity contribution in [1.29, 1.82) is 0 Å². The van der Waals surface area contributed by atoms with Crippen molar-refractivity contribution in [2.45, 2.75) is 11.8 Å². The number of halogens is 2. The van der Waals surface area contributed by atoms with Crippen LogP contribution in [0.15, 0.2) is 41.3 Å². The van der Waals surface area contributed by atoms with Crippen molar-refractivity contribution in [3.63, 3.8) is 0 Å². The average Bonchev–Trinajstić information content (AvgIpc) is 2.58. The normalized spacial score (nSPS) is 11.5. The molecule has 2 rings (SSSR count). The van der Waals surface area contributed by atoms with Crippen molar-refractivity contribution >= 4 is 44.8 Å². The van der Waals surface area contributed by atoms with Crippen LogP contribution in [0.1, 0.15) is 5.56 Å². The summed E-state index contributed by atoms with van der Waals surface area (Å²) in [6.45, 7) is 1.37.